The van der Waals surface area contributed by atoms with E-state index in [1.807, 2.05) is 0 Å². The van der Waals surface area contributed by atoms with E-state index >= 15 is 0 Å². The topological polar surface area (TPSA) is 9.23 Å². The van der Waals surface area contributed by atoms with Crippen molar-refractivity contribution in [3.63, 3.8) is 0 Å². The number of alkyl halides is 2. The number of hydrogen-bond acceptors (Lipinski definition) is 1. The van der Waals surface area contributed by atoms with Crippen LogP contribution in [0.1, 0.15) is 25.7 Å². The predicted molar refractivity (Wildman–Crippen MR) is 41.2 cm³/mol. The summed E-state index contributed by atoms with van der Waals surface area (Å²) in [5, 5.41) is 0. The first-order chi connectivity index (χ1) is 5.71. The lowest BCUT2D eigenvalue weighted by Crippen LogP contribution is -2.35. The van der Waals surface area contributed by atoms with Gasteiger partial charge in [-0.1, -0.05) is 0 Å². The fourth-order valence-electron chi connectivity index (χ4n) is 1.88. The summed E-state index contributed by atoms with van der Waals surface area (Å²) >= 11 is 0. The Morgan fingerprint density at radius 2 is 1.42 bits per heavy atom. The van der Waals surface area contributed by atoms with Crippen molar-refractivity contribution in [3.8, 4) is 0 Å². The fourth-order valence-corrected chi connectivity index (χ4v) is 1.88. The van der Waals surface area contributed by atoms with Crippen molar-refractivity contribution < 1.29 is 13.5 Å². The van der Waals surface area contributed by atoms with E-state index in [0.29, 0.717) is 26.1 Å². The Morgan fingerprint density at radius 1 is 0.917 bits per heavy atom. The summed E-state index contributed by atoms with van der Waals surface area (Å²) in [6.07, 6.45) is 2.54. The van der Waals surface area contributed by atoms with E-state index in [0.717, 1.165) is 12.8 Å². The van der Waals surface area contributed by atoms with Crippen molar-refractivity contribution in [1.82, 2.24) is 0 Å². The average molecular weight is 176 g/mol. The van der Waals surface area contributed by atoms with Gasteiger partial charge in [0.15, 0.2) is 0 Å². The molecule has 3 heteroatoms. The quantitative estimate of drug-likeness (QED) is 0.628. The summed E-state index contributed by atoms with van der Waals surface area (Å²) in [6.45, 7) is 1.04. The van der Waals surface area contributed by atoms with Crippen molar-refractivity contribution in [1.29, 1.82) is 0 Å². The molecule has 0 N–H and O–H groups in total. The number of ether oxygens (including phenoxy) is 1. The van der Waals surface area contributed by atoms with Crippen LogP contribution in [0.15, 0.2) is 0 Å². The zero-order valence-electron chi connectivity index (χ0n) is 7.06. The van der Waals surface area contributed by atoms with E-state index in [1.165, 1.54) is 0 Å². The Kier molecular flexibility index (Phi) is 2.07. The molecule has 1 aliphatic carbocycles. The summed E-state index contributed by atoms with van der Waals surface area (Å²) in [5.41, 5.74) is 0. The van der Waals surface area contributed by atoms with Crippen molar-refractivity contribution in [3.05, 3.63) is 0 Å². The van der Waals surface area contributed by atoms with Crippen LogP contribution in [0.5, 0.6) is 0 Å². The Bertz CT molecular complexity index is 160. The van der Waals surface area contributed by atoms with Crippen LogP contribution in [-0.2, 0) is 4.74 Å². The smallest absolute Gasteiger partial charge is 0.253 e. The maximum absolute atomic E-state index is 13.4. The van der Waals surface area contributed by atoms with E-state index in [9.17, 15) is 8.78 Å². The highest BCUT2D eigenvalue weighted by Crippen LogP contribution is 2.49. The van der Waals surface area contributed by atoms with Gasteiger partial charge in [-0.15, -0.1) is 0 Å². The van der Waals surface area contributed by atoms with Gasteiger partial charge in [0.05, 0.1) is 0 Å². The normalized spacial score (nSPS) is 27.5. The summed E-state index contributed by atoms with van der Waals surface area (Å²) in [6, 6.07) is 0. The molecule has 0 atom stereocenters. The first-order valence-electron chi connectivity index (χ1n) is 4.67. The molecule has 0 unspecified atom stereocenters. The molecular weight excluding hydrogens is 162 g/mol. The molecule has 2 rings (SSSR count). The Hall–Kier alpha value is -0.180. The lowest BCUT2D eigenvalue weighted by Gasteiger charge is -2.29. The number of rotatable bonds is 2. The van der Waals surface area contributed by atoms with Crippen LogP contribution in [-0.4, -0.2) is 19.1 Å². The highest BCUT2D eigenvalue weighted by molar-refractivity contribution is 4.92. The molecule has 0 amide bonds. The van der Waals surface area contributed by atoms with Crippen LogP contribution < -0.4 is 0 Å². The van der Waals surface area contributed by atoms with E-state index in [4.69, 9.17) is 4.74 Å². The highest BCUT2D eigenvalue weighted by Gasteiger charge is 2.51. The van der Waals surface area contributed by atoms with Crippen molar-refractivity contribution >= 4 is 0 Å². The van der Waals surface area contributed by atoms with Crippen molar-refractivity contribution in [2.75, 3.05) is 13.2 Å². The minimum absolute atomic E-state index is 0.305. The summed E-state index contributed by atoms with van der Waals surface area (Å²) < 4.78 is 31.9. The van der Waals surface area contributed by atoms with Crippen LogP contribution in [0.3, 0.4) is 0 Å². The molecule has 0 aromatic heterocycles. The van der Waals surface area contributed by atoms with E-state index in [-0.39, 0.29) is 5.92 Å². The number of halogens is 2. The largest absolute Gasteiger partial charge is 0.381 e. The van der Waals surface area contributed by atoms with Crippen molar-refractivity contribution in [2.45, 2.75) is 31.6 Å². The molecule has 1 heterocycles. The molecule has 1 saturated carbocycles. The predicted octanol–water partition coefficient (Wildman–Crippen LogP) is 2.46. The molecule has 1 nitrogen and oxygen atoms in total. The van der Waals surface area contributed by atoms with Crippen LogP contribution in [0.4, 0.5) is 8.78 Å². The van der Waals surface area contributed by atoms with Gasteiger partial charge in [0.1, 0.15) is 0 Å². The lowest BCUT2D eigenvalue weighted by atomic mass is 9.90. The molecular formula is C9H14F2O. The minimum atomic E-state index is -2.40. The van der Waals surface area contributed by atoms with Crippen LogP contribution in [0.2, 0.25) is 0 Å². The SMILES string of the molecule is FC(F)(C1CCOCC1)C1CC1. The van der Waals surface area contributed by atoms with Gasteiger partial charge in [0.25, 0.3) is 5.92 Å². The summed E-state index contributed by atoms with van der Waals surface area (Å²) in [7, 11) is 0. The highest BCUT2D eigenvalue weighted by atomic mass is 19.3. The van der Waals surface area contributed by atoms with Crippen LogP contribution in [0.25, 0.3) is 0 Å². The fraction of sp³-hybridized carbons (Fsp3) is 1.00. The Balaban J connectivity index is 1.95. The maximum Gasteiger partial charge on any atom is 0.253 e. The zero-order valence-corrected chi connectivity index (χ0v) is 7.06. The van der Waals surface area contributed by atoms with Gasteiger partial charge >= 0.3 is 0 Å². The Morgan fingerprint density at radius 3 is 1.92 bits per heavy atom. The second-order valence-electron chi connectivity index (χ2n) is 3.84. The zero-order chi connectivity index (χ0) is 8.60. The lowest BCUT2D eigenvalue weighted by molar-refractivity contribution is -0.111. The third-order valence-electron chi connectivity index (χ3n) is 2.89. The maximum atomic E-state index is 13.4. The molecule has 1 aliphatic heterocycles. The molecule has 0 aromatic rings. The molecule has 2 fully saturated rings. The third-order valence-corrected chi connectivity index (χ3v) is 2.89. The molecule has 2 aliphatic rings. The molecule has 0 bridgehead atoms. The molecule has 0 radical (unpaired) electrons. The van der Waals surface area contributed by atoms with Crippen LogP contribution in [0, 0.1) is 11.8 Å². The van der Waals surface area contributed by atoms with E-state index in [2.05, 4.69) is 0 Å². The van der Waals surface area contributed by atoms with Gasteiger partial charge in [0, 0.05) is 25.0 Å². The van der Waals surface area contributed by atoms with Gasteiger partial charge in [-0.3, -0.25) is 0 Å². The molecule has 12 heavy (non-hydrogen) atoms. The monoisotopic (exact) mass is 176 g/mol. The first-order valence-corrected chi connectivity index (χ1v) is 4.67. The summed E-state index contributed by atoms with van der Waals surface area (Å²) in [4.78, 5) is 0. The number of hydrogen-bond donors (Lipinski definition) is 0. The minimum Gasteiger partial charge on any atom is -0.381 e. The first kappa shape index (κ1) is 8.42. The van der Waals surface area contributed by atoms with Gasteiger partial charge in [-0.2, -0.15) is 0 Å². The molecule has 0 aromatic carbocycles. The molecule has 0 spiro atoms. The van der Waals surface area contributed by atoms with Gasteiger partial charge in [0.2, 0.25) is 0 Å². The van der Waals surface area contributed by atoms with E-state index in [1.54, 1.807) is 0 Å². The third kappa shape index (κ3) is 1.47. The second kappa shape index (κ2) is 2.95. The van der Waals surface area contributed by atoms with Crippen molar-refractivity contribution in [2.24, 2.45) is 11.8 Å². The molecule has 70 valence electrons. The van der Waals surface area contributed by atoms with Gasteiger partial charge in [-0.25, -0.2) is 8.78 Å². The molecule has 1 saturated heterocycles. The standard InChI is InChI=1S/C9H14F2O/c10-9(11,7-1-2-7)8-3-5-12-6-4-8/h7-8H,1-6H2. The van der Waals surface area contributed by atoms with E-state index < -0.39 is 11.8 Å². The van der Waals surface area contributed by atoms with Gasteiger partial charge in [-0.05, 0) is 25.7 Å². The summed E-state index contributed by atoms with van der Waals surface area (Å²) in [5.74, 6) is -3.11. The average Bonchev–Trinajstić information content (AvgIpc) is 2.88. The van der Waals surface area contributed by atoms with Gasteiger partial charge < -0.3 is 4.74 Å². The van der Waals surface area contributed by atoms with Crippen LogP contribution >= 0.6 is 0 Å². The Labute approximate surface area is 71.1 Å². The second-order valence-corrected chi connectivity index (χ2v) is 3.84.